The average molecular weight is 326 g/mol. The van der Waals surface area contributed by atoms with Crippen LogP contribution >= 0.6 is 23.1 Å². The first-order chi connectivity index (χ1) is 10.3. The molecule has 116 valence electrons. The maximum Gasteiger partial charge on any atom is 0.240 e. The van der Waals surface area contributed by atoms with Crippen LogP contribution in [-0.2, 0) is 11.3 Å². The number of rotatable bonds is 3. The fraction of sp³-hybridized carbons (Fsp3) is 0.667. The van der Waals surface area contributed by atoms with Gasteiger partial charge in [-0.05, 0) is 17.9 Å². The number of thiophene rings is 1. The summed E-state index contributed by atoms with van der Waals surface area (Å²) in [5.41, 5.74) is 0. The zero-order valence-electron chi connectivity index (χ0n) is 12.3. The zero-order chi connectivity index (χ0) is 14.5. The Morgan fingerprint density at radius 2 is 2.29 bits per heavy atom. The Bertz CT molecular complexity index is 446. The molecule has 0 aromatic carbocycles. The molecule has 4 nitrogen and oxygen atoms in total. The maximum absolute atomic E-state index is 12.6. The van der Waals surface area contributed by atoms with Crippen molar-refractivity contribution in [3.05, 3.63) is 22.4 Å². The topological polar surface area (TPSA) is 35.6 Å². The summed E-state index contributed by atoms with van der Waals surface area (Å²) >= 11 is 3.70. The van der Waals surface area contributed by atoms with E-state index in [1.54, 1.807) is 0 Å². The van der Waals surface area contributed by atoms with Gasteiger partial charge in [0.15, 0.2) is 0 Å². The predicted octanol–water partition coefficient (Wildman–Crippen LogP) is 1.49. The lowest BCUT2D eigenvalue weighted by Crippen LogP contribution is -2.51. The van der Waals surface area contributed by atoms with Crippen LogP contribution in [0.15, 0.2) is 17.5 Å². The third kappa shape index (κ3) is 4.22. The third-order valence-corrected chi connectivity index (χ3v) is 6.00. The molecule has 1 atom stereocenters. The van der Waals surface area contributed by atoms with E-state index in [0.717, 1.165) is 57.2 Å². The summed E-state index contributed by atoms with van der Waals surface area (Å²) in [5, 5.41) is 5.49. The van der Waals surface area contributed by atoms with Gasteiger partial charge in [0, 0.05) is 55.7 Å². The molecule has 2 fully saturated rings. The van der Waals surface area contributed by atoms with Crippen LogP contribution in [0.3, 0.4) is 0 Å². The van der Waals surface area contributed by atoms with Gasteiger partial charge in [-0.25, -0.2) is 0 Å². The minimum Gasteiger partial charge on any atom is -0.340 e. The molecule has 2 saturated heterocycles. The standard InChI is InChI=1S/C15H23N3OS2/c19-15(14-12-20-10-4-16-14)18-6-2-5-17(7-8-18)11-13-3-1-9-21-13/h1,3,9,14,16H,2,4-8,10-12H2. The quantitative estimate of drug-likeness (QED) is 0.913. The Kier molecular flexibility index (Phi) is 5.57. The number of carbonyl (C=O) groups is 1. The SMILES string of the molecule is O=C(C1CSCCN1)N1CCCN(Cc2cccs2)CC1. The fourth-order valence-electron chi connectivity index (χ4n) is 2.92. The summed E-state index contributed by atoms with van der Waals surface area (Å²) in [4.78, 5) is 18.5. The molecule has 6 heteroatoms. The van der Waals surface area contributed by atoms with Crippen molar-refractivity contribution in [2.75, 3.05) is 44.2 Å². The van der Waals surface area contributed by atoms with E-state index >= 15 is 0 Å². The largest absolute Gasteiger partial charge is 0.340 e. The zero-order valence-corrected chi connectivity index (χ0v) is 13.9. The molecular formula is C15H23N3OS2. The first kappa shape index (κ1) is 15.3. The summed E-state index contributed by atoms with van der Waals surface area (Å²) in [5.74, 6) is 2.35. The van der Waals surface area contributed by atoms with Crippen molar-refractivity contribution in [3.8, 4) is 0 Å². The van der Waals surface area contributed by atoms with E-state index in [4.69, 9.17) is 0 Å². The van der Waals surface area contributed by atoms with E-state index in [0.29, 0.717) is 5.91 Å². The van der Waals surface area contributed by atoms with Crippen LogP contribution in [0.25, 0.3) is 0 Å². The molecule has 3 heterocycles. The molecule has 0 radical (unpaired) electrons. The van der Waals surface area contributed by atoms with E-state index in [1.165, 1.54) is 4.88 Å². The second-order valence-corrected chi connectivity index (χ2v) is 7.80. The minimum absolute atomic E-state index is 0.0348. The van der Waals surface area contributed by atoms with Crippen molar-refractivity contribution in [1.82, 2.24) is 15.1 Å². The lowest BCUT2D eigenvalue weighted by molar-refractivity contribution is -0.132. The molecule has 1 aromatic rings. The summed E-state index contributed by atoms with van der Waals surface area (Å²) in [6.45, 7) is 5.84. The molecule has 0 aliphatic carbocycles. The third-order valence-electron chi connectivity index (χ3n) is 4.08. The Morgan fingerprint density at radius 1 is 1.33 bits per heavy atom. The predicted molar refractivity (Wildman–Crippen MR) is 89.9 cm³/mol. The molecule has 0 saturated carbocycles. The molecular weight excluding hydrogens is 302 g/mol. The lowest BCUT2D eigenvalue weighted by atomic mass is 10.2. The van der Waals surface area contributed by atoms with Crippen LogP contribution < -0.4 is 5.32 Å². The van der Waals surface area contributed by atoms with E-state index in [1.807, 2.05) is 23.1 Å². The first-order valence-electron chi connectivity index (χ1n) is 7.67. The number of nitrogens with one attached hydrogen (secondary N) is 1. The molecule has 0 spiro atoms. The van der Waals surface area contributed by atoms with Gasteiger partial charge < -0.3 is 10.2 Å². The maximum atomic E-state index is 12.6. The van der Waals surface area contributed by atoms with Gasteiger partial charge in [0.25, 0.3) is 0 Å². The van der Waals surface area contributed by atoms with E-state index in [9.17, 15) is 4.79 Å². The van der Waals surface area contributed by atoms with Crippen molar-refractivity contribution in [1.29, 1.82) is 0 Å². The van der Waals surface area contributed by atoms with Crippen molar-refractivity contribution >= 4 is 29.0 Å². The summed E-state index contributed by atoms with van der Waals surface area (Å²) < 4.78 is 0. The van der Waals surface area contributed by atoms with Gasteiger partial charge in [0.1, 0.15) is 0 Å². The van der Waals surface area contributed by atoms with Crippen LogP contribution in [0.2, 0.25) is 0 Å². The van der Waals surface area contributed by atoms with Gasteiger partial charge >= 0.3 is 0 Å². The number of nitrogens with zero attached hydrogens (tertiary/aromatic N) is 2. The summed E-state index contributed by atoms with van der Waals surface area (Å²) in [7, 11) is 0. The second kappa shape index (κ2) is 7.63. The van der Waals surface area contributed by atoms with Gasteiger partial charge in [-0.2, -0.15) is 11.8 Å². The van der Waals surface area contributed by atoms with E-state index in [2.05, 4.69) is 32.6 Å². The van der Waals surface area contributed by atoms with Crippen LogP contribution in [0.4, 0.5) is 0 Å². The van der Waals surface area contributed by atoms with Crippen molar-refractivity contribution in [2.45, 2.75) is 19.0 Å². The number of thioether (sulfide) groups is 1. The van der Waals surface area contributed by atoms with Gasteiger partial charge in [-0.15, -0.1) is 11.3 Å². The molecule has 1 amide bonds. The first-order valence-corrected chi connectivity index (χ1v) is 9.71. The molecule has 1 aromatic heterocycles. The normalized spacial score (nSPS) is 24.8. The van der Waals surface area contributed by atoms with Crippen LogP contribution in [0, 0.1) is 0 Å². The van der Waals surface area contributed by atoms with Crippen LogP contribution in [-0.4, -0.2) is 66.0 Å². The Labute approximate surface area is 134 Å². The highest BCUT2D eigenvalue weighted by molar-refractivity contribution is 7.99. The van der Waals surface area contributed by atoms with Crippen molar-refractivity contribution in [2.24, 2.45) is 0 Å². The molecule has 1 unspecified atom stereocenters. The number of carbonyl (C=O) groups excluding carboxylic acids is 1. The number of amides is 1. The highest BCUT2D eigenvalue weighted by Crippen LogP contribution is 2.15. The monoisotopic (exact) mass is 325 g/mol. The average Bonchev–Trinajstić information content (AvgIpc) is 2.92. The van der Waals surface area contributed by atoms with Gasteiger partial charge in [0.2, 0.25) is 5.91 Å². The van der Waals surface area contributed by atoms with Gasteiger partial charge in [-0.1, -0.05) is 6.07 Å². The molecule has 1 N–H and O–H groups in total. The van der Waals surface area contributed by atoms with Crippen molar-refractivity contribution < 1.29 is 4.79 Å². The molecule has 2 aliphatic rings. The Balaban J connectivity index is 1.51. The highest BCUT2D eigenvalue weighted by Gasteiger charge is 2.27. The minimum atomic E-state index is 0.0348. The number of hydrogen-bond donors (Lipinski definition) is 1. The van der Waals surface area contributed by atoms with Crippen LogP contribution in [0.5, 0.6) is 0 Å². The number of hydrogen-bond acceptors (Lipinski definition) is 5. The second-order valence-electron chi connectivity index (χ2n) is 5.62. The van der Waals surface area contributed by atoms with E-state index < -0.39 is 0 Å². The molecule has 2 aliphatic heterocycles. The van der Waals surface area contributed by atoms with Gasteiger partial charge in [-0.3, -0.25) is 9.69 Å². The molecule has 21 heavy (non-hydrogen) atoms. The summed E-state index contributed by atoms with van der Waals surface area (Å²) in [6, 6.07) is 4.34. The smallest absolute Gasteiger partial charge is 0.240 e. The Morgan fingerprint density at radius 3 is 3.05 bits per heavy atom. The van der Waals surface area contributed by atoms with Gasteiger partial charge in [0.05, 0.1) is 6.04 Å². The highest BCUT2D eigenvalue weighted by atomic mass is 32.2. The lowest BCUT2D eigenvalue weighted by Gasteiger charge is -2.29. The summed E-state index contributed by atoms with van der Waals surface area (Å²) in [6.07, 6.45) is 1.08. The molecule has 3 rings (SSSR count). The van der Waals surface area contributed by atoms with E-state index in [-0.39, 0.29) is 6.04 Å². The van der Waals surface area contributed by atoms with Crippen molar-refractivity contribution in [3.63, 3.8) is 0 Å². The van der Waals surface area contributed by atoms with Crippen LogP contribution in [0.1, 0.15) is 11.3 Å². The fourth-order valence-corrected chi connectivity index (χ4v) is 4.59. The molecule has 0 bridgehead atoms. The Hall–Kier alpha value is -0.560.